The number of nitrogens with one attached hydrogen (secondary N) is 1. The number of hydrogen-bond donors (Lipinski definition) is 4. The molecule has 0 aliphatic heterocycles. The van der Waals surface area contributed by atoms with E-state index in [9.17, 15) is 20.1 Å². The van der Waals surface area contributed by atoms with Gasteiger partial charge in [-0.05, 0) is 77.0 Å². The summed E-state index contributed by atoms with van der Waals surface area (Å²) in [6.07, 6.45) is 59.9. The zero-order chi connectivity index (χ0) is 41.5. The van der Waals surface area contributed by atoms with E-state index in [2.05, 4.69) is 55.6 Å². The van der Waals surface area contributed by atoms with Crippen LogP contribution < -0.4 is 5.32 Å². The van der Waals surface area contributed by atoms with Crippen molar-refractivity contribution >= 4 is 5.91 Å². The molecular formula is C52H99NO4. The maximum Gasteiger partial charge on any atom is 0.220 e. The molecule has 4 N–H and O–H groups in total. The maximum absolute atomic E-state index is 12.5. The van der Waals surface area contributed by atoms with E-state index in [4.69, 9.17) is 0 Å². The Balaban J connectivity index is 3.59. The van der Waals surface area contributed by atoms with Crippen molar-refractivity contribution in [1.29, 1.82) is 0 Å². The average Bonchev–Trinajstić information content (AvgIpc) is 3.22. The summed E-state index contributed by atoms with van der Waals surface area (Å²) in [5, 5.41) is 33.6. The van der Waals surface area contributed by atoms with E-state index in [-0.39, 0.29) is 12.5 Å². The third kappa shape index (κ3) is 42.5. The summed E-state index contributed by atoms with van der Waals surface area (Å²) in [6.45, 7) is 4.17. The summed E-state index contributed by atoms with van der Waals surface area (Å²) < 4.78 is 0. The molecule has 5 nitrogen and oxygen atoms in total. The number of hydrogen-bond acceptors (Lipinski definition) is 4. The van der Waals surface area contributed by atoms with Gasteiger partial charge in [0.15, 0.2) is 0 Å². The highest BCUT2D eigenvalue weighted by molar-refractivity contribution is 5.76. The van der Waals surface area contributed by atoms with Gasteiger partial charge in [0, 0.05) is 6.42 Å². The molecule has 1 amide bonds. The van der Waals surface area contributed by atoms with Crippen LogP contribution in [0, 0.1) is 0 Å². The van der Waals surface area contributed by atoms with E-state index in [0.717, 1.165) is 44.9 Å². The minimum atomic E-state index is -1.17. The lowest BCUT2D eigenvalue weighted by atomic mass is 10.0. The van der Waals surface area contributed by atoms with Crippen LogP contribution in [0.25, 0.3) is 0 Å². The quantitative estimate of drug-likeness (QED) is 0.0365. The van der Waals surface area contributed by atoms with Crippen LogP contribution in [0.4, 0.5) is 0 Å². The Bertz CT molecular complexity index is 885. The molecule has 0 spiro atoms. The molecule has 0 rings (SSSR count). The standard InChI is InChI=1S/C52H99NO4/c1-3-5-7-9-11-13-15-17-19-21-22-23-24-25-26-27-28-29-30-31-33-35-37-39-41-43-45-47-51(56)53-49(48-54)52(57)50(55)46-44-42-40-38-36-34-32-20-18-16-14-12-10-8-6-4-2/h20,25-26,32,38,40,49-50,52,54-55,57H,3-19,21-24,27-31,33-37,39,41-48H2,1-2H3,(H,53,56)/b26-25-,32-20+,40-38+. The monoisotopic (exact) mass is 802 g/mol. The molecule has 336 valence electrons. The van der Waals surface area contributed by atoms with Crippen molar-refractivity contribution in [3.05, 3.63) is 36.5 Å². The predicted molar refractivity (Wildman–Crippen MR) is 250 cm³/mol. The van der Waals surface area contributed by atoms with Gasteiger partial charge in [0.25, 0.3) is 0 Å². The van der Waals surface area contributed by atoms with Crippen LogP contribution >= 0.6 is 0 Å². The van der Waals surface area contributed by atoms with Gasteiger partial charge in [-0.25, -0.2) is 0 Å². The van der Waals surface area contributed by atoms with E-state index in [1.807, 2.05) is 0 Å². The van der Waals surface area contributed by atoms with Gasteiger partial charge in [0.05, 0.1) is 18.8 Å². The molecular weight excluding hydrogens is 703 g/mol. The normalized spacial score (nSPS) is 13.7. The second kappa shape index (κ2) is 47.3. The molecule has 0 aliphatic rings. The number of rotatable bonds is 46. The number of amides is 1. The summed E-state index contributed by atoms with van der Waals surface area (Å²) >= 11 is 0. The van der Waals surface area contributed by atoms with Crippen LogP contribution in [-0.4, -0.2) is 46.1 Å². The predicted octanol–water partition coefficient (Wildman–Crippen LogP) is 15.1. The number of aliphatic hydroxyl groups excluding tert-OH is 3. The summed E-state index contributed by atoms with van der Waals surface area (Å²) in [4.78, 5) is 12.5. The van der Waals surface area contributed by atoms with E-state index in [1.54, 1.807) is 0 Å². The van der Waals surface area contributed by atoms with Crippen molar-refractivity contribution in [2.45, 2.75) is 283 Å². The first kappa shape index (κ1) is 55.6. The smallest absolute Gasteiger partial charge is 0.220 e. The Hall–Kier alpha value is -1.43. The second-order valence-corrected chi connectivity index (χ2v) is 17.4. The summed E-state index contributed by atoms with van der Waals surface area (Å²) in [7, 11) is 0. The molecule has 3 unspecified atom stereocenters. The van der Waals surface area contributed by atoms with Gasteiger partial charge in [-0.3, -0.25) is 4.79 Å². The Kier molecular flexibility index (Phi) is 46.1. The van der Waals surface area contributed by atoms with E-state index in [0.29, 0.717) is 12.8 Å². The molecule has 0 saturated carbocycles. The molecule has 0 aromatic heterocycles. The largest absolute Gasteiger partial charge is 0.394 e. The lowest BCUT2D eigenvalue weighted by Crippen LogP contribution is -2.50. The van der Waals surface area contributed by atoms with Crippen molar-refractivity contribution in [3.63, 3.8) is 0 Å². The van der Waals surface area contributed by atoms with Crippen molar-refractivity contribution in [3.8, 4) is 0 Å². The highest BCUT2D eigenvalue weighted by Crippen LogP contribution is 2.16. The van der Waals surface area contributed by atoms with Crippen LogP contribution in [-0.2, 0) is 4.79 Å². The van der Waals surface area contributed by atoms with Gasteiger partial charge in [-0.15, -0.1) is 0 Å². The molecule has 0 fully saturated rings. The van der Waals surface area contributed by atoms with Crippen molar-refractivity contribution in [2.24, 2.45) is 0 Å². The van der Waals surface area contributed by atoms with E-state index < -0.39 is 18.2 Å². The van der Waals surface area contributed by atoms with Crippen molar-refractivity contribution < 1.29 is 20.1 Å². The topological polar surface area (TPSA) is 89.8 Å². The molecule has 0 aromatic carbocycles. The van der Waals surface area contributed by atoms with Gasteiger partial charge < -0.3 is 20.6 Å². The number of carbonyl (C=O) groups excluding carboxylic acids is 1. The molecule has 5 heteroatoms. The first-order valence-electron chi connectivity index (χ1n) is 25.3. The fourth-order valence-electron chi connectivity index (χ4n) is 7.76. The average molecular weight is 802 g/mol. The fraction of sp³-hybridized carbons (Fsp3) is 0.865. The lowest BCUT2D eigenvalue weighted by Gasteiger charge is -2.26. The number of allylic oxidation sites excluding steroid dienone is 6. The summed E-state index contributed by atoms with van der Waals surface area (Å²) in [6, 6.07) is -0.832. The minimum absolute atomic E-state index is 0.158. The van der Waals surface area contributed by atoms with Crippen LogP contribution in [0.5, 0.6) is 0 Å². The molecule has 57 heavy (non-hydrogen) atoms. The first-order valence-corrected chi connectivity index (χ1v) is 25.3. The van der Waals surface area contributed by atoms with Crippen LogP contribution in [0.2, 0.25) is 0 Å². The highest BCUT2D eigenvalue weighted by atomic mass is 16.3. The molecule has 0 bridgehead atoms. The van der Waals surface area contributed by atoms with Gasteiger partial charge >= 0.3 is 0 Å². The summed E-state index contributed by atoms with van der Waals surface area (Å²) in [5.41, 5.74) is 0. The zero-order valence-corrected chi connectivity index (χ0v) is 38.2. The second-order valence-electron chi connectivity index (χ2n) is 17.4. The van der Waals surface area contributed by atoms with E-state index >= 15 is 0 Å². The molecule has 0 aromatic rings. The molecule has 0 radical (unpaired) electrons. The highest BCUT2D eigenvalue weighted by Gasteiger charge is 2.26. The van der Waals surface area contributed by atoms with E-state index in [1.165, 1.54) is 193 Å². The van der Waals surface area contributed by atoms with Gasteiger partial charge in [-0.1, -0.05) is 217 Å². The Labute approximate surface area is 355 Å². The molecule has 3 atom stereocenters. The number of carbonyl (C=O) groups is 1. The SMILES string of the molecule is CCCCCCCCC/C=C/CC/C=C/CCCC(O)C(O)C(CO)NC(=O)CCCCCCCCCCCCC/C=C\CCCCCCCCCCCCCC. The number of unbranched alkanes of at least 4 members (excludes halogenated alkanes) is 32. The summed E-state index contributed by atoms with van der Waals surface area (Å²) in [5.74, 6) is -0.158. The Morgan fingerprint density at radius 3 is 1.07 bits per heavy atom. The zero-order valence-electron chi connectivity index (χ0n) is 38.2. The van der Waals surface area contributed by atoms with Crippen molar-refractivity contribution in [1.82, 2.24) is 5.32 Å². The first-order chi connectivity index (χ1) is 28.1. The van der Waals surface area contributed by atoms with Gasteiger partial charge in [0.2, 0.25) is 5.91 Å². The van der Waals surface area contributed by atoms with Crippen molar-refractivity contribution in [2.75, 3.05) is 6.61 Å². The van der Waals surface area contributed by atoms with Gasteiger partial charge in [0.1, 0.15) is 6.10 Å². The maximum atomic E-state index is 12.5. The van der Waals surface area contributed by atoms with Crippen LogP contribution in [0.1, 0.15) is 264 Å². The Morgan fingerprint density at radius 1 is 0.421 bits per heavy atom. The molecule has 0 aliphatic carbocycles. The number of aliphatic hydroxyl groups is 3. The molecule has 0 heterocycles. The third-order valence-electron chi connectivity index (χ3n) is 11.7. The fourth-order valence-corrected chi connectivity index (χ4v) is 7.76. The molecule has 0 saturated heterocycles. The third-order valence-corrected chi connectivity index (χ3v) is 11.7. The lowest BCUT2D eigenvalue weighted by molar-refractivity contribution is -0.124. The Morgan fingerprint density at radius 2 is 0.719 bits per heavy atom. The van der Waals surface area contributed by atoms with Crippen LogP contribution in [0.15, 0.2) is 36.5 Å². The van der Waals surface area contributed by atoms with Crippen LogP contribution in [0.3, 0.4) is 0 Å². The minimum Gasteiger partial charge on any atom is -0.394 e. The van der Waals surface area contributed by atoms with Gasteiger partial charge in [-0.2, -0.15) is 0 Å².